The number of nitrogens with one attached hydrogen (secondary N) is 1. The number of nitrogens with zero attached hydrogens (tertiary/aromatic N) is 5. The molecule has 3 heterocycles. The number of hydrogen-bond acceptors (Lipinski definition) is 8. The van der Waals surface area contributed by atoms with E-state index in [0.29, 0.717) is 30.1 Å². The summed E-state index contributed by atoms with van der Waals surface area (Å²) < 4.78 is 28.7. The average Bonchev–Trinajstić information content (AvgIpc) is 3.19. The lowest BCUT2D eigenvalue weighted by molar-refractivity contribution is 0.487. The molecule has 0 aliphatic rings. The summed E-state index contributed by atoms with van der Waals surface area (Å²) in [5.74, 6) is 1.38. The molecular formula is C21H23N7O3S. The molecule has 166 valence electrons. The van der Waals surface area contributed by atoms with Crippen LogP contribution in [0.15, 0.2) is 55.1 Å². The van der Waals surface area contributed by atoms with Crippen molar-refractivity contribution in [1.82, 2.24) is 24.5 Å². The minimum Gasteiger partial charge on any atom is -0.371 e. The van der Waals surface area contributed by atoms with Gasteiger partial charge >= 0.3 is 10.3 Å². The van der Waals surface area contributed by atoms with Gasteiger partial charge in [-0.05, 0) is 50.1 Å². The van der Waals surface area contributed by atoms with Crippen molar-refractivity contribution >= 4 is 27.3 Å². The van der Waals surface area contributed by atoms with E-state index in [1.165, 1.54) is 0 Å². The molecule has 32 heavy (non-hydrogen) atoms. The number of imidazole rings is 1. The third kappa shape index (κ3) is 5.01. The molecule has 0 fully saturated rings. The van der Waals surface area contributed by atoms with Gasteiger partial charge in [0.25, 0.3) is 0 Å². The summed E-state index contributed by atoms with van der Waals surface area (Å²) in [6.07, 6.45) is 5.88. The highest BCUT2D eigenvalue weighted by molar-refractivity contribution is 7.84. The van der Waals surface area contributed by atoms with Gasteiger partial charge < -0.3 is 14.1 Å². The molecule has 0 saturated carbocycles. The first-order valence-electron chi connectivity index (χ1n) is 10.00. The Morgan fingerprint density at radius 3 is 2.59 bits per heavy atom. The summed E-state index contributed by atoms with van der Waals surface area (Å²) >= 11 is 0. The Morgan fingerprint density at radius 1 is 1.16 bits per heavy atom. The second-order valence-electron chi connectivity index (χ2n) is 7.45. The molecule has 0 radical (unpaired) electrons. The van der Waals surface area contributed by atoms with Crippen LogP contribution in [-0.4, -0.2) is 39.5 Å². The standard InChI is InChI=1S/C21H23N7O3S/c1-14(2)28-13-25-18-20(26-19(27-21(18)28)16-4-3-10-23-12-16)24-11-9-15-5-7-17(8-6-15)31-32(22,29)30/h3-8,10,12-14H,9,11H2,1-2H3,(H2,22,29,30)(H,24,26,27). The molecule has 1 aromatic carbocycles. The number of anilines is 1. The zero-order valence-corrected chi connectivity index (χ0v) is 18.5. The van der Waals surface area contributed by atoms with E-state index in [1.807, 2.05) is 16.7 Å². The molecule has 10 nitrogen and oxygen atoms in total. The summed E-state index contributed by atoms with van der Waals surface area (Å²) in [5.41, 5.74) is 3.26. The Hall–Kier alpha value is -3.57. The van der Waals surface area contributed by atoms with Crippen LogP contribution >= 0.6 is 0 Å². The average molecular weight is 454 g/mol. The van der Waals surface area contributed by atoms with E-state index >= 15 is 0 Å². The number of hydrogen-bond donors (Lipinski definition) is 2. The van der Waals surface area contributed by atoms with Crippen LogP contribution in [-0.2, 0) is 16.7 Å². The number of nitrogens with two attached hydrogens (primary N) is 1. The fraction of sp³-hybridized carbons (Fsp3) is 0.238. The summed E-state index contributed by atoms with van der Waals surface area (Å²) in [7, 11) is -4.03. The monoisotopic (exact) mass is 453 g/mol. The summed E-state index contributed by atoms with van der Waals surface area (Å²) in [6.45, 7) is 4.73. The normalized spacial score (nSPS) is 11.8. The van der Waals surface area contributed by atoms with E-state index in [4.69, 9.17) is 15.1 Å². The molecule has 0 spiro atoms. The maximum absolute atomic E-state index is 11.0. The number of rotatable bonds is 8. The molecule has 0 unspecified atom stereocenters. The van der Waals surface area contributed by atoms with E-state index in [1.54, 1.807) is 43.0 Å². The van der Waals surface area contributed by atoms with Gasteiger partial charge in [0.1, 0.15) is 11.3 Å². The van der Waals surface area contributed by atoms with Crippen molar-refractivity contribution in [1.29, 1.82) is 0 Å². The summed E-state index contributed by atoms with van der Waals surface area (Å²) in [5, 5.41) is 8.24. The minimum atomic E-state index is -4.03. The maximum Gasteiger partial charge on any atom is 0.380 e. The number of aromatic nitrogens is 5. The highest BCUT2D eigenvalue weighted by Crippen LogP contribution is 2.25. The Bertz CT molecular complexity index is 1320. The third-order valence-corrected chi connectivity index (χ3v) is 5.16. The van der Waals surface area contributed by atoms with Crippen molar-refractivity contribution in [2.45, 2.75) is 26.3 Å². The Labute approximate surface area is 185 Å². The van der Waals surface area contributed by atoms with Crippen LogP contribution < -0.4 is 14.6 Å². The Balaban J connectivity index is 1.56. The lowest BCUT2D eigenvalue weighted by Crippen LogP contribution is -2.18. The fourth-order valence-electron chi connectivity index (χ4n) is 3.21. The van der Waals surface area contributed by atoms with E-state index < -0.39 is 10.3 Å². The minimum absolute atomic E-state index is 0.169. The predicted octanol–water partition coefficient (Wildman–Crippen LogP) is 2.71. The Kier molecular flexibility index (Phi) is 6.01. The van der Waals surface area contributed by atoms with Crippen molar-refractivity contribution in [3.05, 3.63) is 60.7 Å². The molecule has 4 rings (SSSR count). The molecule has 0 amide bonds. The molecule has 4 aromatic rings. The van der Waals surface area contributed by atoms with Crippen LogP contribution in [0.1, 0.15) is 25.5 Å². The molecule has 0 bridgehead atoms. The lowest BCUT2D eigenvalue weighted by atomic mass is 10.1. The zero-order valence-electron chi connectivity index (χ0n) is 17.6. The van der Waals surface area contributed by atoms with Crippen LogP contribution in [0.25, 0.3) is 22.6 Å². The molecule has 0 aliphatic heterocycles. The number of fused-ring (bicyclic) bond motifs is 1. The molecule has 11 heteroatoms. The molecule has 0 saturated heterocycles. The summed E-state index contributed by atoms with van der Waals surface area (Å²) in [4.78, 5) is 18.1. The van der Waals surface area contributed by atoms with Gasteiger partial charge in [-0.2, -0.15) is 13.6 Å². The van der Waals surface area contributed by atoms with E-state index in [9.17, 15) is 8.42 Å². The topological polar surface area (TPSA) is 138 Å². The molecule has 0 atom stereocenters. The third-order valence-electron chi connectivity index (χ3n) is 4.74. The van der Waals surface area contributed by atoms with Crippen molar-refractivity contribution < 1.29 is 12.6 Å². The van der Waals surface area contributed by atoms with Gasteiger partial charge in [0.2, 0.25) is 0 Å². The quantitative estimate of drug-likeness (QED) is 0.415. The van der Waals surface area contributed by atoms with Gasteiger partial charge in [0.15, 0.2) is 17.3 Å². The first-order valence-corrected chi connectivity index (χ1v) is 11.5. The maximum atomic E-state index is 11.0. The Morgan fingerprint density at radius 2 is 1.94 bits per heavy atom. The predicted molar refractivity (Wildman–Crippen MR) is 121 cm³/mol. The highest BCUT2D eigenvalue weighted by atomic mass is 32.2. The van der Waals surface area contributed by atoms with Crippen LogP contribution in [0.3, 0.4) is 0 Å². The van der Waals surface area contributed by atoms with Crippen molar-refractivity contribution in [2.75, 3.05) is 11.9 Å². The van der Waals surface area contributed by atoms with Gasteiger partial charge in [0, 0.05) is 30.5 Å². The second-order valence-corrected chi connectivity index (χ2v) is 8.60. The summed E-state index contributed by atoms with van der Waals surface area (Å²) in [6, 6.07) is 10.7. The first-order chi connectivity index (χ1) is 15.3. The van der Waals surface area contributed by atoms with Gasteiger partial charge in [0.05, 0.1) is 6.33 Å². The first kappa shape index (κ1) is 21.7. The second kappa shape index (κ2) is 8.89. The number of benzene rings is 1. The van der Waals surface area contributed by atoms with Gasteiger partial charge in [-0.15, -0.1) is 0 Å². The molecular weight excluding hydrogens is 430 g/mol. The zero-order chi connectivity index (χ0) is 22.7. The lowest BCUT2D eigenvalue weighted by Gasteiger charge is -2.11. The highest BCUT2D eigenvalue weighted by Gasteiger charge is 2.16. The van der Waals surface area contributed by atoms with E-state index in [2.05, 4.69) is 33.3 Å². The van der Waals surface area contributed by atoms with Crippen molar-refractivity contribution in [2.24, 2.45) is 5.14 Å². The SMILES string of the molecule is CC(C)n1cnc2c(NCCc3ccc(OS(N)(=O)=O)cc3)nc(-c3cccnc3)nc21. The molecule has 3 N–H and O–H groups in total. The van der Waals surface area contributed by atoms with Gasteiger partial charge in [-0.25, -0.2) is 15.0 Å². The van der Waals surface area contributed by atoms with Crippen LogP contribution in [0, 0.1) is 0 Å². The molecule has 3 aromatic heterocycles. The van der Waals surface area contributed by atoms with E-state index in [0.717, 1.165) is 16.8 Å². The van der Waals surface area contributed by atoms with Crippen LogP contribution in [0.5, 0.6) is 5.75 Å². The van der Waals surface area contributed by atoms with Crippen LogP contribution in [0.2, 0.25) is 0 Å². The van der Waals surface area contributed by atoms with Crippen LogP contribution in [0.4, 0.5) is 5.82 Å². The smallest absolute Gasteiger partial charge is 0.371 e. The fourth-order valence-corrected chi connectivity index (χ4v) is 3.59. The van der Waals surface area contributed by atoms with Gasteiger partial charge in [-0.1, -0.05) is 12.1 Å². The van der Waals surface area contributed by atoms with Crippen molar-refractivity contribution in [3.63, 3.8) is 0 Å². The largest absolute Gasteiger partial charge is 0.380 e. The van der Waals surface area contributed by atoms with Gasteiger partial charge in [-0.3, -0.25) is 4.98 Å². The van der Waals surface area contributed by atoms with Crippen molar-refractivity contribution in [3.8, 4) is 17.1 Å². The molecule has 0 aliphatic carbocycles. The number of pyridine rings is 1. The van der Waals surface area contributed by atoms with E-state index in [-0.39, 0.29) is 11.8 Å².